The summed E-state index contributed by atoms with van der Waals surface area (Å²) in [7, 11) is 1.52. The summed E-state index contributed by atoms with van der Waals surface area (Å²) >= 11 is 0. The number of hydrogen-bond donors (Lipinski definition) is 1. The lowest BCUT2D eigenvalue weighted by molar-refractivity contribution is -0.141. The third kappa shape index (κ3) is 4.39. The molecular weight excluding hydrogens is 335 g/mol. The highest BCUT2D eigenvalue weighted by molar-refractivity contribution is 5.62. The van der Waals surface area contributed by atoms with Crippen molar-refractivity contribution in [3.8, 4) is 17.0 Å². The van der Waals surface area contributed by atoms with Gasteiger partial charge in [0, 0.05) is 18.7 Å². The van der Waals surface area contributed by atoms with E-state index in [-0.39, 0.29) is 17.7 Å². The highest BCUT2D eigenvalue weighted by Gasteiger charge is 2.34. The van der Waals surface area contributed by atoms with Gasteiger partial charge in [-0.3, -0.25) is 0 Å². The van der Waals surface area contributed by atoms with Crippen LogP contribution in [0.3, 0.4) is 0 Å². The van der Waals surface area contributed by atoms with Gasteiger partial charge in [0.2, 0.25) is 5.95 Å². The molecule has 1 aromatic carbocycles. The maximum Gasteiger partial charge on any atom is 0.433 e. The number of aromatic nitrogens is 2. The number of alkyl halides is 3. The fourth-order valence-corrected chi connectivity index (χ4v) is 2.59. The highest BCUT2D eigenvalue weighted by atomic mass is 19.4. The van der Waals surface area contributed by atoms with Crippen LogP contribution in [0.2, 0.25) is 0 Å². The Morgan fingerprint density at radius 1 is 1.24 bits per heavy atom. The van der Waals surface area contributed by atoms with Crippen LogP contribution in [0.1, 0.15) is 18.5 Å². The third-order valence-corrected chi connectivity index (χ3v) is 3.91. The lowest BCUT2D eigenvalue weighted by Crippen LogP contribution is -2.21. The van der Waals surface area contributed by atoms with Crippen LogP contribution in [0, 0.1) is 0 Å². The summed E-state index contributed by atoms with van der Waals surface area (Å²) in [5.74, 6) is 0.557. The van der Waals surface area contributed by atoms with E-state index in [1.807, 2.05) is 0 Å². The van der Waals surface area contributed by atoms with Crippen LogP contribution in [-0.4, -0.2) is 36.3 Å². The van der Waals surface area contributed by atoms with Gasteiger partial charge in [-0.05, 0) is 43.2 Å². The predicted molar refractivity (Wildman–Crippen MR) is 86.5 cm³/mol. The van der Waals surface area contributed by atoms with Gasteiger partial charge >= 0.3 is 6.18 Å². The van der Waals surface area contributed by atoms with E-state index in [4.69, 9.17) is 9.47 Å². The number of nitrogens with zero attached hydrogens (tertiary/aromatic N) is 2. The monoisotopic (exact) mass is 353 g/mol. The Morgan fingerprint density at radius 3 is 2.60 bits per heavy atom. The first-order valence-corrected chi connectivity index (χ1v) is 7.92. The molecule has 0 saturated carbocycles. The Kier molecular flexibility index (Phi) is 5.08. The summed E-state index contributed by atoms with van der Waals surface area (Å²) in [6.45, 7) is 1.05. The number of nitrogens with one attached hydrogen (secondary N) is 1. The molecular formula is C17H18F3N3O2. The highest BCUT2D eigenvalue weighted by Crippen LogP contribution is 2.31. The quantitative estimate of drug-likeness (QED) is 0.887. The van der Waals surface area contributed by atoms with E-state index in [1.165, 1.54) is 7.11 Å². The molecule has 1 aromatic heterocycles. The van der Waals surface area contributed by atoms with Crippen LogP contribution < -0.4 is 10.1 Å². The summed E-state index contributed by atoms with van der Waals surface area (Å²) < 4.78 is 50.0. The topological polar surface area (TPSA) is 56.3 Å². The molecule has 1 fully saturated rings. The minimum absolute atomic E-state index is 0.0254. The molecule has 0 radical (unpaired) electrons. The van der Waals surface area contributed by atoms with Crippen molar-refractivity contribution in [1.29, 1.82) is 0 Å². The van der Waals surface area contributed by atoms with Crippen LogP contribution in [-0.2, 0) is 10.9 Å². The first kappa shape index (κ1) is 17.5. The zero-order chi connectivity index (χ0) is 17.9. The lowest BCUT2D eigenvalue weighted by Gasteiger charge is -2.14. The van der Waals surface area contributed by atoms with Crippen molar-refractivity contribution in [3.63, 3.8) is 0 Å². The second-order valence-corrected chi connectivity index (χ2v) is 5.70. The summed E-state index contributed by atoms with van der Waals surface area (Å²) in [6, 6.07) is 7.60. The van der Waals surface area contributed by atoms with E-state index in [2.05, 4.69) is 15.3 Å². The maximum absolute atomic E-state index is 13.2. The van der Waals surface area contributed by atoms with Crippen molar-refractivity contribution in [1.82, 2.24) is 9.97 Å². The van der Waals surface area contributed by atoms with E-state index < -0.39 is 11.9 Å². The average molecular weight is 353 g/mol. The third-order valence-electron chi connectivity index (χ3n) is 3.91. The van der Waals surface area contributed by atoms with Gasteiger partial charge in [-0.2, -0.15) is 13.2 Å². The molecule has 0 spiro atoms. The molecule has 0 amide bonds. The van der Waals surface area contributed by atoms with Crippen molar-refractivity contribution in [2.75, 3.05) is 25.6 Å². The maximum atomic E-state index is 13.2. The van der Waals surface area contributed by atoms with Crippen molar-refractivity contribution in [2.24, 2.45) is 0 Å². The summed E-state index contributed by atoms with van der Waals surface area (Å²) in [4.78, 5) is 7.81. The minimum atomic E-state index is -4.55. The van der Waals surface area contributed by atoms with Crippen LogP contribution >= 0.6 is 0 Å². The van der Waals surface area contributed by atoms with Gasteiger partial charge in [-0.15, -0.1) is 0 Å². The second-order valence-electron chi connectivity index (χ2n) is 5.70. The van der Waals surface area contributed by atoms with Gasteiger partial charge in [0.15, 0.2) is 5.69 Å². The molecule has 1 N–H and O–H groups in total. The van der Waals surface area contributed by atoms with Crippen molar-refractivity contribution >= 4 is 5.95 Å². The molecule has 1 aliphatic rings. The zero-order valence-corrected chi connectivity index (χ0v) is 13.6. The molecule has 5 nitrogen and oxygen atoms in total. The minimum Gasteiger partial charge on any atom is -0.497 e. The average Bonchev–Trinajstić information content (AvgIpc) is 3.12. The fourth-order valence-electron chi connectivity index (χ4n) is 2.59. The number of methoxy groups -OCH3 is 1. The predicted octanol–water partition coefficient (Wildman–Crippen LogP) is 3.76. The van der Waals surface area contributed by atoms with E-state index in [9.17, 15) is 13.2 Å². The molecule has 1 unspecified atom stereocenters. The number of benzene rings is 1. The molecule has 8 heteroatoms. The van der Waals surface area contributed by atoms with Gasteiger partial charge in [-0.1, -0.05) is 0 Å². The number of rotatable bonds is 5. The number of anilines is 1. The molecule has 0 aliphatic carbocycles. The smallest absolute Gasteiger partial charge is 0.433 e. The first-order chi connectivity index (χ1) is 12.0. The molecule has 3 rings (SSSR count). The summed E-state index contributed by atoms with van der Waals surface area (Å²) in [5.41, 5.74) is -0.239. The van der Waals surface area contributed by atoms with Crippen LogP contribution in [0.25, 0.3) is 11.3 Å². The largest absolute Gasteiger partial charge is 0.497 e. The molecule has 1 aliphatic heterocycles. The lowest BCUT2D eigenvalue weighted by atomic mass is 10.1. The van der Waals surface area contributed by atoms with E-state index >= 15 is 0 Å². The van der Waals surface area contributed by atoms with Crippen LogP contribution in [0.5, 0.6) is 5.75 Å². The molecule has 134 valence electrons. The Morgan fingerprint density at radius 2 is 2.00 bits per heavy atom. The Labute approximate surface area is 143 Å². The molecule has 0 bridgehead atoms. The second kappa shape index (κ2) is 7.26. The number of ether oxygens (including phenoxy) is 2. The van der Waals surface area contributed by atoms with Crippen LogP contribution in [0.15, 0.2) is 30.3 Å². The van der Waals surface area contributed by atoms with Crippen LogP contribution in [0.4, 0.5) is 19.1 Å². The van der Waals surface area contributed by atoms with E-state index in [0.29, 0.717) is 24.5 Å². The summed E-state index contributed by atoms with van der Waals surface area (Å²) in [5, 5.41) is 2.86. The van der Waals surface area contributed by atoms with Gasteiger partial charge in [0.25, 0.3) is 0 Å². The Bertz CT molecular complexity index is 714. The van der Waals surface area contributed by atoms with Gasteiger partial charge in [0.1, 0.15) is 5.75 Å². The Balaban J connectivity index is 1.88. The van der Waals surface area contributed by atoms with E-state index in [0.717, 1.165) is 18.9 Å². The molecule has 2 heterocycles. The standard InChI is InChI=1S/C17H18F3N3O2/c1-24-12-6-4-11(5-7-12)14-9-15(17(18,19)20)23-16(22-14)21-10-13-3-2-8-25-13/h4-7,9,13H,2-3,8,10H2,1H3,(H,21,22,23). The van der Waals surface area contributed by atoms with Gasteiger partial charge in [0.05, 0.1) is 18.9 Å². The first-order valence-electron chi connectivity index (χ1n) is 7.92. The molecule has 25 heavy (non-hydrogen) atoms. The summed E-state index contributed by atoms with van der Waals surface area (Å²) in [6.07, 6.45) is -2.75. The van der Waals surface area contributed by atoms with Gasteiger partial charge < -0.3 is 14.8 Å². The SMILES string of the molecule is COc1ccc(-c2cc(C(F)(F)F)nc(NCC3CCCO3)n2)cc1. The molecule has 1 saturated heterocycles. The molecule has 2 aromatic rings. The van der Waals surface area contributed by atoms with Crippen molar-refractivity contribution < 1.29 is 22.6 Å². The normalized spacial score (nSPS) is 17.5. The van der Waals surface area contributed by atoms with Crippen molar-refractivity contribution in [3.05, 3.63) is 36.0 Å². The van der Waals surface area contributed by atoms with E-state index in [1.54, 1.807) is 24.3 Å². The number of hydrogen-bond acceptors (Lipinski definition) is 5. The van der Waals surface area contributed by atoms with Gasteiger partial charge in [-0.25, -0.2) is 9.97 Å². The zero-order valence-electron chi connectivity index (χ0n) is 13.6. The number of halogens is 3. The molecule has 1 atom stereocenters. The fraction of sp³-hybridized carbons (Fsp3) is 0.412. The van der Waals surface area contributed by atoms with Crippen molar-refractivity contribution in [2.45, 2.75) is 25.1 Å². The Hall–Kier alpha value is -2.35.